The van der Waals surface area contributed by atoms with E-state index in [1.807, 2.05) is 0 Å². The lowest BCUT2D eigenvalue weighted by Crippen LogP contribution is -2.40. The Morgan fingerprint density at radius 1 is 1.62 bits per heavy atom. The van der Waals surface area contributed by atoms with Crippen LogP contribution in [-0.4, -0.2) is 39.8 Å². The molecule has 0 saturated carbocycles. The highest BCUT2D eigenvalue weighted by Crippen LogP contribution is 1.89. The van der Waals surface area contributed by atoms with E-state index < -0.39 is 21.7 Å². The van der Waals surface area contributed by atoms with Gasteiger partial charge in [0.25, 0.3) is 0 Å². The van der Waals surface area contributed by atoms with Crippen LogP contribution in [0.3, 0.4) is 0 Å². The van der Waals surface area contributed by atoms with E-state index in [1.165, 1.54) is 0 Å². The van der Waals surface area contributed by atoms with Crippen LogP contribution in [0, 0.1) is 0 Å². The summed E-state index contributed by atoms with van der Waals surface area (Å²) in [5, 5.41) is 0. The number of nitrogens with two attached hydrogens (primary N) is 1. The summed E-state index contributed by atoms with van der Waals surface area (Å²) in [7, 11) is -2.48. The van der Waals surface area contributed by atoms with Crippen molar-refractivity contribution in [2.24, 2.45) is 5.73 Å². The number of sulfonamides is 1. The molecule has 0 saturated heterocycles. The highest BCUT2D eigenvalue weighted by atomic mass is 32.2. The minimum absolute atomic E-state index is 0.181. The van der Waals surface area contributed by atoms with E-state index in [0.717, 1.165) is 7.11 Å². The summed E-state index contributed by atoms with van der Waals surface area (Å²) in [6.07, 6.45) is 0. The third-order valence-corrected chi connectivity index (χ3v) is 2.65. The van der Waals surface area contributed by atoms with E-state index in [2.05, 4.69) is 9.46 Å². The van der Waals surface area contributed by atoms with Crippen LogP contribution in [0.25, 0.3) is 0 Å². The smallest absolute Gasteiger partial charge is 0.322 e. The first-order chi connectivity index (χ1) is 5.91. The van der Waals surface area contributed by atoms with Crippen LogP contribution in [0.4, 0.5) is 0 Å². The number of esters is 1. The number of hydrogen-bond donors (Lipinski definition) is 2. The first-order valence-electron chi connectivity index (χ1n) is 3.68. The van der Waals surface area contributed by atoms with Crippen molar-refractivity contribution < 1.29 is 17.9 Å². The monoisotopic (exact) mass is 210 g/mol. The molecule has 0 heterocycles. The summed E-state index contributed by atoms with van der Waals surface area (Å²) in [6, 6.07) is -0.380. The van der Waals surface area contributed by atoms with E-state index in [0.29, 0.717) is 0 Å². The molecule has 0 aromatic rings. The van der Waals surface area contributed by atoms with Crippen molar-refractivity contribution in [3.05, 3.63) is 0 Å². The van der Waals surface area contributed by atoms with Crippen molar-refractivity contribution in [3.8, 4) is 0 Å². The SMILES string of the molecule is COC(=O)CS(=O)(=O)N[C@H](C)CN. The number of rotatable bonds is 5. The lowest BCUT2D eigenvalue weighted by molar-refractivity contribution is -0.137. The van der Waals surface area contributed by atoms with Gasteiger partial charge in [-0.05, 0) is 6.92 Å². The summed E-state index contributed by atoms with van der Waals surface area (Å²) in [5.41, 5.74) is 5.20. The van der Waals surface area contributed by atoms with Crippen LogP contribution in [0.2, 0.25) is 0 Å². The fourth-order valence-electron chi connectivity index (χ4n) is 0.610. The van der Waals surface area contributed by atoms with Gasteiger partial charge in [-0.2, -0.15) is 0 Å². The van der Waals surface area contributed by atoms with Crippen molar-refractivity contribution in [1.29, 1.82) is 0 Å². The number of nitrogens with one attached hydrogen (secondary N) is 1. The first-order valence-corrected chi connectivity index (χ1v) is 5.33. The third kappa shape index (κ3) is 5.56. The molecule has 0 bridgehead atoms. The van der Waals surface area contributed by atoms with Crippen LogP contribution in [0.1, 0.15) is 6.92 Å². The zero-order chi connectivity index (χ0) is 10.5. The second kappa shape index (κ2) is 5.15. The minimum atomic E-state index is -3.61. The number of carbonyl (C=O) groups excluding carboxylic acids is 1. The fraction of sp³-hybridized carbons (Fsp3) is 0.833. The van der Waals surface area contributed by atoms with Crippen molar-refractivity contribution in [2.45, 2.75) is 13.0 Å². The van der Waals surface area contributed by atoms with Crippen LogP contribution in [0.5, 0.6) is 0 Å². The molecule has 1 atom stereocenters. The van der Waals surface area contributed by atoms with Gasteiger partial charge in [0, 0.05) is 12.6 Å². The van der Waals surface area contributed by atoms with E-state index in [1.54, 1.807) is 6.92 Å². The van der Waals surface area contributed by atoms with Crippen LogP contribution in [-0.2, 0) is 19.6 Å². The molecule has 0 spiro atoms. The Bertz CT molecular complexity index is 262. The molecule has 0 fully saturated rings. The summed E-state index contributed by atoms with van der Waals surface area (Å²) < 4.78 is 28.6. The van der Waals surface area contributed by atoms with Crippen molar-refractivity contribution >= 4 is 16.0 Å². The second-order valence-corrected chi connectivity index (χ2v) is 4.34. The van der Waals surface area contributed by atoms with Crippen LogP contribution >= 0.6 is 0 Å². The number of ether oxygens (including phenoxy) is 1. The molecule has 0 radical (unpaired) electrons. The molecule has 6 nitrogen and oxygen atoms in total. The highest BCUT2D eigenvalue weighted by molar-refractivity contribution is 7.90. The van der Waals surface area contributed by atoms with Gasteiger partial charge in [-0.1, -0.05) is 0 Å². The van der Waals surface area contributed by atoms with Crippen molar-refractivity contribution in [3.63, 3.8) is 0 Å². The molecule has 0 rings (SSSR count). The molecular formula is C6H14N2O4S. The summed E-state index contributed by atoms with van der Waals surface area (Å²) in [5.74, 6) is -1.47. The molecule has 0 unspecified atom stereocenters. The van der Waals surface area contributed by atoms with Crippen molar-refractivity contribution in [1.82, 2.24) is 4.72 Å². The second-order valence-electron chi connectivity index (χ2n) is 2.59. The molecule has 0 amide bonds. The standard InChI is InChI=1S/C6H14N2O4S/c1-5(3-7)8-13(10,11)4-6(9)12-2/h5,8H,3-4,7H2,1-2H3/t5-/m1/s1. The predicted molar refractivity (Wildman–Crippen MR) is 47.5 cm³/mol. The Morgan fingerprint density at radius 3 is 2.54 bits per heavy atom. The van der Waals surface area contributed by atoms with Gasteiger partial charge in [-0.15, -0.1) is 0 Å². The normalized spacial score (nSPS) is 13.8. The highest BCUT2D eigenvalue weighted by Gasteiger charge is 2.18. The Balaban J connectivity index is 4.17. The maximum absolute atomic E-state index is 11.1. The summed E-state index contributed by atoms with van der Waals surface area (Å²) in [4.78, 5) is 10.6. The zero-order valence-electron chi connectivity index (χ0n) is 7.61. The topological polar surface area (TPSA) is 98.5 Å². The van der Waals surface area contributed by atoms with E-state index in [4.69, 9.17) is 5.73 Å². The van der Waals surface area contributed by atoms with E-state index in [9.17, 15) is 13.2 Å². The molecule has 0 aliphatic heterocycles. The largest absolute Gasteiger partial charge is 0.468 e. The molecule has 7 heteroatoms. The van der Waals surface area contributed by atoms with Gasteiger partial charge in [0.1, 0.15) is 0 Å². The zero-order valence-corrected chi connectivity index (χ0v) is 8.43. The van der Waals surface area contributed by atoms with Gasteiger partial charge >= 0.3 is 5.97 Å². The molecular weight excluding hydrogens is 196 g/mol. The Labute approximate surface area is 77.5 Å². The molecule has 0 aliphatic rings. The number of methoxy groups -OCH3 is 1. The quantitative estimate of drug-likeness (QED) is 0.534. The fourth-order valence-corrected chi connectivity index (χ4v) is 1.83. The molecule has 0 aromatic carbocycles. The molecule has 3 N–H and O–H groups in total. The molecule has 0 aromatic heterocycles. The lowest BCUT2D eigenvalue weighted by Gasteiger charge is -2.10. The summed E-state index contributed by atoms with van der Waals surface area (Å²) in [6.45, 7) is 1.79. The van der Waals surface area contributed by atoms with Crippen LogP contribution in [0.15, 0.2) is 0 Å². The van der Waals surface area contributed by atoms with Gasteiger partial charge in [0.05, 0.1) is 7.11 Å². The van der Waals surface area contributed by atoms with Crippen LogP contribution < -0.4 is 10.5 Å². The number of carbonyl (C=O) groups is 1. The average molecular weight is 210 g/mol. The lowest BCUT2D eigenvalue weighted by atomic mass is 10.4. The van der Waals surface area contributed by atoms with Gasteiger partial charge in [-0.25, -0.2) is 13.1 Å². The minimum Gasteiger partial charge on any atom is -0.468 e. The van der Waals surface area contributed by atoms with Crippen molar-refractivity contribution in [2.75, 3.05) is 19.4 Å². The molecule has 0 aliphatic carbocycles. The molecule has 13 heavy (non-hydrogen) atoms. The Kier molecular flexibility index (Phi) is 4.89. The number of hydrogen-bond acceptors (Lipinski definition) is 5. The van der Waals surface area contributed by atoms with Gasteiger partial charge in [0.15, 0.2) is 5.75 Å². The van der Waals surface area contributed by atoms with E-state index >= 15 is 0 Å². The third-order valence-electron chi connectivity index (χ3n) is 1.27. The Hall–Kier alpha value is -0.660. The van der Waals surface area contributed by atoms with Gasteiger partial charge < -0.3 is 10.5 Å². The van der Waals surface area contributed by atoms with E-state index in [-0.39, 0.29) is 12.6 Å². The maximum Gasteiger partial charge on any atom is 0.322 e. The maximum atomic E-state index is 11.1. The molecule has 78 valence electrons. The predicted octanol–water partition coefficient (Wildman–Crippen LogP) is -1.57. The van der Waals surface area contributed by atoms with Gasteiger partial charge in [0.2, 0.25) is 10.0 Å². The summed E-state index contributed by atoms with van der Waals surface area (Å²) >= 11 is 0. The first kappa shape index (κ1) is 12.3. The van der Waals surface area contributed by atoms with Gasteiger partial charge in [-0.3, -0.25) is 4.79 Å². The Morgan fingerprint density at radius 2 is 2.15 bits per heavy atom. The average Bonchev–Trinajstić information content (AvgIpc) is 2.02.